The quantitative estimate of drug-likeness (QED) is 0.651. The lowest BCUT2D eigenvalue weighted by Crippen LogP contribution is -2.23. The minimum Gasteiger partial charge on any atom is -0.465 e. The van der Waals surface area contributed by atoms with E-state index in [4.69, 9.17) is 11.6 Å². The lowest BCUT2D eigenvalue weighted by molar-refractivity contribution is 0.0601. The van der Waals surface area contributed by atoms with Crippen LogP contribution in [0.5, 0.6) is 0 Å². The van der Waals surface area contributed by atoms with Crippen molar-refractivity contribution in [2.75, 3.05) is 12.4 Å². The molecule has 0 aliphatic rings. The van der Waals surface area contributed by atoms with Gasteiger partial charge in [0.05, 0.1) is 18.1 Å². The fourth-order valence-electron chi connectivity index (χ4n) is 1.20. The lowest BCUT2D eigenvalue weighted by atomic mass is 10.2. The van der Waals surface area contributed by atoms with Gasteiger partial charge >= 0.3 is 5.97 Å². The molecule has 0 saturated heterocycles. The van der Waals surface area contributed by atoms with Gasteiger partial charge < -0.3 is 10.1 Å². The van der Waals surface area contributed by atoms with Gasteiger partial charge in [0.15, 0.2) is 0 Å². The van der Waals surface area contributed by atoms with Crippen LogP contribution in [-0.4, -0.2) is 24.5 Å². The van der Waals surface area contributed by atoms with Crippen molar-refractivity contribution in [1.29, 1.82) is 0 Å². The number of hydrogen-bond donors (Lipinski definition) is 1. The highest BCUT2D eigenvalue weighted by Crippen LogP contribution is 2.14. The van der Waals surface area contributed by atoms with Gasteiger partial charge in [0.25, 0.3) is 0 Å². The largest absolute Gasteiger partial charge is 0.465 e. The monoisotopic (exact) mass is 241 g/mol. The van der Waals surface area contributed by atoms with Gasteiger partial charge in [-0.05, 0) is 38.1 Å². The van der Waals surface area contributed by atoms with Crippen molar-refractivity contribution >= 4 is 23.3 Å². The van der Waals surface area contributed by atoms with Gasteiger partial charge in [-0.3, -0.25) is 0 Å². The van der Waals surface area contributed by atoms with Crippen LogP contribution in [0.15, 0.2) is 24.3 Å². The summed E-state index contributed by atoms with van der Waals surface area (Å²) >= 11 is 5.95. The molecule has 0 aliphatic heterocycles. The van der Waals surface area contributed by atoms with Crippen LogP contribution in [0, 0.1) is 0 Å². The second-order valence-electron chi connectivity index (χ2n) is 3.68. The molecule has 0 radical (unpaired) electrons. The predicted molar refractivity (Wildman–Crippen MR) is 66.2 cm³/mol. The van der Waals surface area contributed by atoms with Crippen molar-refractivity contribution in [3.05, 3.63) is 29.8 Å². The van der Waals surface area contributed by atoms with Crippen molar-refractivity contribution in [1.82, 2.24) is 0 Å². The van der Waals surface area contributed by atoms with E-state index >= 15 is 0 Å². The van der Waals surface area contributed by atoms with E-state index in [1.165, 1.54) is 7.11 Å². The Morgan fingerprint density at radius 1 is 1.31 bits per heavy atom. The number of alkyl halides is 1. The molecular weight excluding hydrogens is 226 g/mol. The first-order chi connectivity index (χ1) is 7.54. The molecule has 1 aromatic rings. The van der Waals surface area contributed by atoms with Crippen molar-refractivity contribution in [3.8, 4) is 0 Å². The van der Waals surface area contributed by atoms with E-state index in [0.29, 0.717) is 5.56 Å². The minimum atomic E-state index is -0.328. The molecule has 0 aliphatic carbocycles. The summed E-state index contributed by atoms with van der Waals surface area (Å²) in [4.78, 5) is 11.2. The zero-order valence-corrected chi connectivity index (χ0v) is 10.4. The highest BCUT2D eigenvalue weighted by atomic mass is 35.5. The Bertz CT molecular complexity index is 349. The Morgan fingerprint density at radius 3 is 2.31 bits per heavy atom. The summed E-state index contributed by atoms with van der Waals surface area (Å²) in [6.45, 7) is 3.94. The number of methoxy groups -OCH3 is 1. The van der Waals surface area contributed by atoms with Crippen molar-refractivity contribution in [2.45, 2.75) is 25.3 Å². The molecule has 16 heavy (non-hydrogen) atoms. The molecule has 0 bridgehead atoms. The Balaban J connectivity index is 2.68. The molecule has 0 fully saturated rings. The fraction of sp³-hybridized carbons (Fsp3) is 0.417. The second-order valence-corrected chi connectivity index (χ2v) is 4.37. The number of ether oxygens (including phenoxy) is 1. The van der Waals surface area contributed by atoms with Crippen molar-refractivity contribution in [3.63, 3.8) is 0 Å². The van der Waals surface area contributed by atoms with E-state index < -0.39 is 0 Å². The molecule has 1 N–H and O–H groups in total. The maximum Gasteiger partial charge on any atom is 0.337 e. The van der Waals surface area contributed by atoms with E-state index in [1.807, 2.05) is 26.0 Å². The van der Waals surface area contributed by atoms with E-state index in [1.54, 1.807) is 12.1 Å². The van der Waals surface area contributed by atoms with Crippen LogP contribution in [-0.2, 0) is 4.74 Å². The van der Waals surface area contributed by atoms with Gasteiger partial charge in [-0.25, -0.2) is 4.79 Å². The van der Waals surface area contributed by atoms with Gasteiger partial charge in [0.2, 0.25) is 0 Å². The number of carbonyl (C=O) groups is 1. The second kappa shape index (κ2) is 5.75. The summed E-state index contributed by atoms with van der Waals surface area (Å²) in [5, 5.41) is 3.28. The normalized spacial score (nSPS) is 14.0. The number of carbonyl (C=O) groups excluding carboxylic acids is 1. The highest BCUT2D eigenvalue weighted by Gasteiger charge is 2.09. The Hall–Kier alpha value is -1.22. The van der Waals surface area contributed by atoms with Crippen LogP contribution in [0.4, 0.5) is 5.69 Å². The summed E-state index contributed by atoms with van der Waals surface area (Å²) in [6.07, 6.45) is 0. The van der Waals surface area contributed by atoms with Crippen LogP contribution >= 0.6 is 11.6 Å². The highest BCUT2D eigenvalue weighted by molar-refractivity contribution is 6.21. The average Bonchev–Trinajstić information content (AvgIpc) is 2.28. The molecule has 1 unspecified atom stereocenters. The lowest BCUT2D eigenvalue weighted by Gasteiger charge is -2.17. The van der Waals surface area contributed by atoms with Crippen LogP contribution in [0.2, 0.25) is 0 Å². The first kappa shape index (κ1) is 12.8. The van der Waals surface area contributed by atoms with Crippen LogP contribution in [0.25, 0.3) is 0 Å². The molecule has 88 valence electrons. The first-order valence-electron chi connectivity index (χ1n) is 5.13. The molecule has 0 aromatic heterocycles. The van der Waals surface area contributed by atoms with E-state index in [0.717, 1.165) is 5.69 Å². The summed E-state index contributed by atoms with van der Waals surface area (Å²) in [5.74, 6) is -0.328. The molecule has 0 amide bonds. The molecule has 0 heterocycles. The number of nitrogens with one attached hydrogen (secondary N) is 1. The van der Waals surface area contributed by atoms with E-state index in [9.17, 15) is 4.79 Å². The number of hydrogen-bond acceptors (Lipinski definition) is 3. The third kappa shape index (κ3) is 3.42. The minimum absolute atomic E-state index is 0.0419. The molecule has 3 nitrogen and oxygen atoms in total. The smallest absolute Gasteiger partial charge is 0.337 e. The van der Waals surface area contributed by atoms with E-state index in [2.05, 4.69) is 10.1 Å². The van der Waals surface area contributed by atoms with Crippen LogP contribution in [0.1, 0.15) is 24.2 Å². The van der Waals surface area contributed by atoms with E-state index in [-0.39, 0.29) is 17.4 Å². The van der Waals surface area contributed by atoms with Crippen LogP contribution < -0.4 is 5.32 Å². The number of benzene rings is 1. The molecule has 4 heteroatoms. The zero-order valence-electron chi connectivity index (χ0n) is 9.66. The molecule has 1 aromatic carbocycles. The Morgan fingerprint density at radius 2 is 1.88 bits per heavy atom. The Labute approximate surface area is 101 Å². The number of esters is 1. The average molecular weight is 242 g/mol. The summed E-state index contributed by atoms with van der Waals surface area (Å²) < 4.78 is 4.61. The SMILES string of the molecule is COC(=O)c1ccc(N[C@@H](C)C(C)Cl)cc1. The molecular formula is C12H16ClNO2. The van der Waals surface area contributed by atoms with Crippen molar-refractivity contribution < 1.29 is 9.53 Å². The number of halogens is 1. The Kier molecular flexibility index (Phi) is 4.62. The summed E-state index contributed by atoms with van der Waals surface area (Å²) in [7, 11) is 1.37. The third-order valence-corrected chi connectivity index (χ3v) is 2.77. The fourth-order valence-corrected chi connectivity index (χ4v) is 1.26. The molecule has 0 saturated carbocycles. The maximum atomic E-state index is 11.2. The number of rotatable bonds is 4. The van der Waals surface area contributed by atoms with Crippen molar-refractivity contribution in [2.24, 2.45) is 0 Å². The summed E-state index contributed by atoms with van der Waals surface area (Å²) in [6, 6.07) is 7.29. The topological polar surface area (TPSA) is 38.3 Å². The number of anilines is 1. The third-order valence-electron chi connectivity index (χ3n) is 2.39. The molecule has 0 spiro atoms. The molecule has 2 atom stereocenters. The van der Waals surface area contributed by atoms with Crippen LogP contribution in [0.3, 0.4) is 0 Å². The molecule has 1 rings (SSSR count). The first-order valence-corrected chi connectivity index (χ1v) is 5.57. The standard InChI is InChI=1S/C12H16ClNO2/c1-8(13)9(2)14-11-6-4-10(5-7-11)12(15)16-3/h4-9,14H,1-3H3/t8?,9-/m0/s1. The van der Waals surface area contributed by atoms with Gasteiger partial charge in [0.1, 0.15) is 0 Å². The predicted octanol–water partition coefficient (Wildman–Crippen LogP) is 2.90. The maximum absolute atomic E-state index is 11.2. The summed E-state index contributed by atoms with van der Waals surface area (Å²) in [5.41, 5.74) is 1.48. The van der Waals surface area contributed by atoms with Gasteiger partial charge in [-0.15, -0.1) is 11.6 Å². The van der Waals surface area contributed by atoms with Gasteiger partial charge in [0, 0.05) is 11.7 Å². The zero-order chi connectivity index (χ0) is 12.1. The van der Waals surface area contributed by atoms with Gasteiger partial charge in [-0.1, -0.05) is 0 Å². The van der Waals surface area contributed by atoms with Gasteiger partial charge in [-0.2, -0.15) is 0 Å².